The predicted molar refractivity (Wildman–Crippen MR) is 76.0 cm³/mol. The minimum Gasteiger partial charge on any atom is -0.464 e. The predicted octanol–water partition coefficient (Wildman–Crippen LogP) is 5.05. The molecule has 1 nitrogen and oxygen atoms in total. The summed E-state index contributed by atoms with van der Waals surface area (Å²) in [6, 6.07) is 17.0. The van der Waals surface area contributed by atoms with Crippen molar-refractivity contribution in [3.05, 3.63) is 60.4 Å². The molecule has 0 radical (unpaired) electrons. The average molecular weight is 232 g/mol. The Labute approximate surface area is 105 Å². The van der Waals surface area contributed by atoms with Crippen molar-refractivity contribution < 1.29 is 4.42 Å². The standard InChI is InChI=1S/C17H12O/c1-11-14-5-3-2-4-12(14)10-13-6-7-16-15(17(11)13)8-9-18-16/h2-10H,1H3. The molecule has 0 atom stereocenters. The van der Waals surface area contributed by atoms with Crippen LogP contribution in [-0.2, 0) is 0 Å². The minimum absolute atomic E-state index is 0.959. The van der Waals surface area contributed by atoms with E-state index in [2.05, 4.69) is 49.4 Å². The van der Waals surface area contributed by atoms with E-state index in [1.165, 1.54) is 32.5 Å². The Morgan fingerprint density at radius 1 is 0.833 bits per heavy atom. The maximum Gasteiger partial charge on any atom is 0.134 e. The zero-order valence-corrected chi connectivity index (χ0v) is 10.1. The van der Waals surface area contributed by atoms with Crippen LogP contribution < -0.4 is 0 Å². The molecule has 3 aromatic carbocycles. The Bertz CT molecular complexity index is 884. The van der Waals surface area contributed by atoms with Crippen molar-refractivity contribution in [1.29, 1.82) is 0 Å². The number of fused-ring (bicyclic) bond motifs is 4. The van der Waals surface area contributed by atoms with Crippen LogP contribution in [-0.4, -0.2) is 0 Å². The Hall–Kier alpha value is -2.28. The van der Waals surface area contributed by atoms with Crippen molar-refractivity contribution in [2.75, 3.05) is 0 Å². The van der Waals surface area contributed by atoms with Crippen LogP contribution in [0.25, 0.3) is 32.5 Å². The Morgan fingerprint density at radius 2 is 1.72 bits per heavy atom. The molecule has 0 aliphatic rings. The molecule has 1 heteroatoms. The molecule has 18 heavy (non-hydrogen) atoms. The van der Waals surface area contributed by atoms with Crippen molar-refractivity contribution in [1.82, 2.24) is 0 Å². The highest BCUT2D eigenvalue weighted by atomic mass is 16.3. The molecule has 4 aromatic rings. The van der Waals surface area contributed by atoms with Gasteiger partial charge < -0.3 is 4.42 Å². The van der Waals surface area contributed by atoms with Gasteiger partial charge in [-0.1, -0.05) is 30.3 Å². The van der Waals surface area contributed by atoms with Gasteiger partial charge in [-0.05, 0) is 52.2 Å². The van der Waals surface area contributed by atoms with Gasteiger partial charge in [0, 0.05) is 5.39 Å². The van der Waals surface area contributed by atoms with Crippen molar-refractivity contribution in [2.45, 2.75) is 6.92 Å². The van der Waals surface area contributed by atoms with Crippen molar-refractivity contribution in [3.63, 3.8) is 0 Å². The summed E-state index contributed by atoms with van der Waals surface area (Å²) >= 11 is 0. The maximum absolute atomic E-state index is 5.49. The van der Waals surface area contributed by atoms with Crippen LogP contribution in [0.5, 0.6) is 0 Å². The molecule has 0 saturated carbocycles. The van der Waals surface area contributed by atoms with E-state index in [1.807, 2.05) is 6.07 Å². The normalized spacial score (nSPS) is 11.6. The molecule has 0 amide bonds. The number of hydrogen-bond donors (Lipinski definition) is 0. The molecular weight excluding hydrogens is 220 g/mol. The smallest absolute Gasteiger partial charge is 0.134 e. The summed E-state index contributed by atoms with van der Waals surface area (Å²) < 4.78 is 5.49. The lowest BCUT2D eigenvalue weighted by Gasteiger charge is -2.08. The molecular formula is C17H12O. The number of rotatable bonds is 0. The van der Waals surface area contributed by atoms with E-state index < -0.39 is 0 Å². The number of benzene rings is 3. The molecule has 4 rings (SSSR count). The third kappa shape index (κ3) is 1.16. The van der Waals surface area contributed by atoms with Crippen LogP contribution in [0.1, 0.15) is 5.56 Å². The third-order valence-corrected chi connectivity index (χ3v) is 3.72. The van der Waals surface area contributed by atoms with Gasteiger partial charge in [0.25, 0.3) is 0 Å². The maximum atomic E-state index is 5.49. The summed E-state index contributed by atoms with van der Waals surface area (Å²) in [6.07, 6.45) is 1.76. The van der Waals surface area contributed by atoms with Gasteiger partial charge in [0.15, 0.2) is 0 Å². The zero-order valence-electron chi connectivity index (χ0n) is 10.1. The summed E-state index contributed by atoms with van der Waals surface area (Å²) in [6.45, 7) is 2.19. The van der Waals surface area contributed by atoms with E-state index in [1.54, 1.807) is 6.26 Å². The number of hydrogen-bond acceptors (Lipinski definition) is 1. The summed E-state index contributed by atoms with van der Waals surface area (Å²) in [4.78, 5) is 0. The SMILES string of the molecule is Cc1c2ccccc2cc2ccc3occc3c12. The van der Waals surface area contributed by atoms with Crippen LogP contribution in [0.15, 0.2) is 59.2 Å². The Kier molecular flexibility index (Phi) is 1.81. The Morgan fingerprint density at radius 3 is 2.67 bits per heavy atom. The van der Waals surface area contributed by atoms with Crippen molar-refractivity contribution in [2.24, 2.45) is 0 Å². The summed E-state index contributed by atoms with van der Waals surface area (Å²) in [5, 5.41) is 6.40. The summed E-state index contributed by atoms with van der Waals surface area (Å²) in [5.41, 5.74) is 2.29. The molecule has 86 valence electrons. The van der Waals surface area contributed by atoms with Gasteiger partial charge in [0.2, 0.25) is 0 Å². The molecule has 0 fully saturated rings. The van der Waals surface area contributed by atoms with Crippen molar-refractivity contribution >= 4 is 32.5 Å². The monoisotopic (exact) mass is 232 g/mol. The minimum atomic E-state index is 0.959. The van der Waals surface area contributed by atoms with E-state index in [9.17, 15) is 0 Å². The van der Waals surface area contributed by atoms with Gasteiger partial charge in [0.05, 0.1) is 6.26 Å². The van der Waals surface area contributed by atoms with Gasteiger partial charge >= 0.3 is 0 Å². The highest BCUT2D eigenvalue weighted by Crippen LogP contribution is 2.33. The fourth-order valence-corrected chi connectivity index (χ4v) is 2.87. The highest BCUT2D eigenvalue weighted by Gasteiger charge is 2.08. The van der Waals surface area contributed by atoms with Crippen LogP contribution in [0, 0.1) is 6.92 Å². The fourth-order valence-electron chi connectivity index (χ4n) is 2.87. The lowest BCUT2D eigenvalue weighted by Crippen LogP contribution is -1.83. The molecule has 0 bridgehead atoms. The van der Waals surface area contributed by atoms with Gasteiger partial charge in [-0.2, -0.15) is 0 Å². The van der Waals surface area contributed by atoms with Gasteiger partial charge in [-0.15, -0.1) is 0 Å². The van der Waals surface area contributed by atoms with Crippen molar-refractivity contribution in [3.8, 4) is 0 Å². The lowest BCUT2D eigenvalue weighted by atomic mass is 9.96. The Balaban J connectivity index is 2.36. The largest absolute Gasteiger partial charge is 0.464 e. The molecule has 0 N–H and O–H groups in total. The number of aryl methyl sites for hydroxylation is 1. The summed E-state index contributed by atoms with van der Waals surface area (Å²) in [7, 11) is 0. The average Bonchev–Trinajstić information content (AvgIpc) is 2.87. The quantitative estimate of drug-likeness (QED) is 0.387. The first-order valence-corrected chi connectivity index (χ1v) is 6.13. The zero-order chi connectivity index (χ0) is 12.1. The number of furan rings is 1. The van der Waals surface area contributed by atoms with Crippen LogP contribution in [0.4, 0.5) is 0 Å². The van der Waals surface area contributed by atoms with E-state index in [0.29, 0.717) is 0 Å². The molecule has 1 aromatic heterocycles. The fraction of sp³-hybridized carbons (Fsp3) is 0.0588. The molecule has 0 spiro atoms. The second-order valence-electron chi connectivity index (χ2n) is 4.72. The van der Waals surface area contributed by atoms with Crippen LogP contribution in [0.2, 0.25) is 0 Å². The lowest BCUT2D eigenvalue weighted by molar-refractivity contribution is 0.616. The topological polar surface area (TPSA) is 13.1 Å². The van der Waals surface area contributed by atoms with E-state index in [0.717, 1.165) is 5.58 Å². The van der Waals surface area contributed by atoms with Gasteiger partial charge in [-0.3, -0.25) is 0 Å². The molecule has 0 saturated heterocycles. The van der Waals surface area contributed by atoms with Gasteiger partial charge in [0.1, 0.15) is 5.58 Å². The summed E-state index contributed by atoms with van der Waals surface area (Å²) in [5.74, 6) is 0. The van der Waals surface area contributed by atoms with Crippen LogP contribution >= 0.6 is 0 Å². The molecule has 0 aliphatic carbocycles. The second kappa shape index (κ2) is 3.36. The van der Waals surface area contributed by atoms with Gasteiger partial charge in [-0.25, -0.2) is 0 Å². The third-order valence-electron chi connectivity index (χ3n) is 3.72. The first kappa shape index (κ1) is 9.72. The van der Waals surface area contributed by atoms with E-state index in [4.69, 9.17) is 4.42 Å². The van der Waals surface area contributed by atoms with Crippen LogP contribution in [0.3, 0.4) is 0 Å². The molecule has 0 unspecified atom stereocenters. The van der Waals surface area contributed by atoms with E-state index in [-0.39, 0.29) is 0 Å². The first-order chi connectivity index (χ1) is 8.84. The highest BCUT2D eigenvalue weighted by molar-refractivity contribution is 6.13. The molecule has 0 aliphatic heterocycles. The first-order valence-electron chi connectivity index (χ1n) is 6.13. The van der Waals surface area contributed by atoms with E-state index >= 15 is 0 Å². The molecule has 1 heterocycles. The second-order valence-corrected chi connectivity index (χ2v) is 4.72.